The maximum Gasteiger partial charge on any atom is 0.269 e. The molecule has 1 heterocycles. The highest BCUT2D eigenvalue weighted by atomic mass is 32.2. The second-order valence-electron chi connectivity index (χ2n) is 7.10. The first-order chi connectivity index (χ1) is 15.8. The summed E-state index contributed by atoms with van der Waals surface area (Å²) in [6.07, 6.45) is 1.90. The van der Waals surface area contributed by atoms with Crippen molar-refractivity contribution in [2.45, 2.75) is 31.6 Å². The van der Waals surface area contributed by atoms with Crippen LogP contribution >= 0.6 is 0 Å². The monoisotopic (exact) mass is 470 g/mol. The number of benzene rings is 2. The molecular formula is C23H26N4O5S. The van der Waals surface area contributed by atoms with Gasteiger partial charge in [-0.25, -0.2) is 13.4 Å². The van der Waals surface area contributed by atoms with Crippen molar-refractivity contribution in [3.8, 4) is 11.3 Å². The van der Waals surface area contributed by atoms with Crippen molar-refractivity contribution in [2.75, 3.05) is 13.1 Å². The summed E-state index contributed by atoms with van der Waals surface area (Å²) in [5.74, 6) is -0.0411. The van der Waals surface area contributed by atoms with E-state index < -0.39 is 21.8 Å². The van der Waals surface area contributed by atoms with Gasteiger partial charge in [0.1, 0.15) is 0 Å². The second kappa shape index (κ2) is 10.9. The fourth-order valence-electron chi connectivity index (χ4n) is 3.15. The lowest BCUT2D eigenvalue weighted by molar-refractivity contribution is -0.121. The Labute approximate surface area is 192 Å². The highest BCUT2D eigenvalue weighted by Gasteiger charge is 2.22. The summed E-state index contributed by atoms with van der Waals surface area (Å²) < 4.78 is 32.3. The van der Waals surface area contributed by atoms with E-state index in [0.29, 0.717) is 24.7 Å². The van der Waals surface area contributed by atoms with E-state index in [-0.39, 0.29) is 23.3 Å². The molecule has 0 aliphatic heterocycles. The van der Waals surface area contributed by atoms with Gasteiger partial charge in [0.25, 0.3) is 5.91 Å². The van der Waals surface area contributed by atoms with Crippen molar-refractivity contribution in [3.05, 3.63) is 72.2 Å². The largest absolute Gasteiger partial charge is 0.441 e. The molecule has 0 radical (unpaired) electrons. The van der Waals surface area contributed by atoms with Crippen LogP contribution in [-0.2, 0) is 21.2 Å². The Hall–Kier alpha value is -3.50. The minimum atomic E-state index is -3.70. The predicted octanol–water partition coefficient (Wildman–Crippen LogP) is 2.77. The third kappa shape index (κ3) is 6.05. The maximum absolute atomic E-state index is 12.7. The Morgan fingerprint density at radius 2 is 1.73 bits per heavy atom. The Balaban J connectivity index is 1.54. The zero-order valence-electron chi connectivity index (χ0n) is 18.4. The molecule has 174 valence electrons. The first kappa shape index (κ1) is 24.1. The number of nitrogens with one attached hydrogen (secondary N) is 2. The second-order valence-corrected chi connectivity index (χ2v) is 9.04. The minimum absolute atomic E-state index is 0.0169. The van der Waals surface area contributed by atoms with Gasteiger partial charge in [-0.15, -0.1) is 0 Å². The van der Waals surface area contributed by atoms with Gasteiger partial charge in [-0.05, 0) is 18.2 Å². The first-order valence-electron chi connectivity index (χ1n) is 10.5. The highest BCUT2D eigenvalue weighted by molar-refractivity contribution is 7.89. The molecule has 10 heteroatoms. The van der Waals surface area contributed by atoms with Crippen LogP contribution in [0.5, 0.6) is 0 Å². The van der Waals surface area contributed by atoms with Crippen LogP contribution < -0.4 is 10.9 Å². The van der Waals surface area contributed by atoms with Gasteiger partial charge in [-0.1, -0.05) is 50.2 Å². The molecule has 0 bridgehead atoms. The molecule has 33 heavy (non-hydrogen) atoms. The number of amides is 2. The molecule has 2 amide bonds. The number of nitrogens with zero attached hydrogens (tertiary/aromatic N) is 2. The van der Waals surface area contributed by atoms with Gasteiger partial charge >= 0.3 is 0 Å². The number of aryl methyl sites for hydroxylation is 1. The summed E-state index contributed by atoms with van der Waals surface area (Å²) in [7, 11) is -3.70. The van der Waals surface area contributed by atoms with Gasteiger partial charge in [-0.3, -0.25) is 20.4 Å². The lowest BCUT2D eigenvalue weighted by Gasteiger charge is -2.18. The Bertz CT molecular complexity index is 1200. The van der Waals surface area contributed by atoms with E-state index in [1.54, 1.807) is 20.0 Å². The number of hydrogen-bond donors (Lipinski definition) is 2. The molecule has 2 aromatic carbocycles. The SMILES string of the molecule is CCN(CC)S(=O)(=O)c1cccc(C(=O)NNC(=O)CCc2ncc(-c3ccccc3)o2)c1. The van der Waals surface area contributed by atoms with Gasteiger partial charge in [0.15, 0.2) is 11.7 Å². The van der Waals surface area contributed by atoms with Crippen LogP contribution in [0.4, 0.5) is 0 Å². The first-order valence-corrected chi connectivity index (χ1v) is 12.0. The molecule has 1 aromatic heterocycles. The molecule has 2 N–H and O–H groups in total. The number of sulfonamides is 1. The van der Waals surface area contributed by atoms with E-state index in [1.807, 2.05) is 30.3 Å². The van der Waals surface area contributed by atoms with Gasteiger partial charge in [0.05, 0.1) is 11.1 Å². The Morgan fingerprint density at radius 1 is 1.00 bits per heavy atom. The number of hydrazine groups is 1. The molecule has 0 aliphatic carbocycles. The molecule has 0 aliphatic rings. The number of carbonyl (C=O) groups excluding carboxylic acids is 2. The summed E-state index contributed by atoms with van der Waals surface area (Å²) in [4.78, 5) is 28.7. The van der Waals surface area contributed by atoms with Crippen LogP contribution in [0, 0.1) is 0 Å². The lowest BCUT2D eigenvalue weighted by Crippen LogP contribution is -2.41. The Morgan fingerprint density at radius 3 is 2.42 bits per heavy atom. The van der Waals surface area contributed by atoms with Crippen LogP contribution in [0.2, 0.25) is 0 Å². The van der Waals surface area contributed by atoms with E-state index >= 15 is 0 Å². The summed E-state index contributed by atoms with van der Waals surface area (Å²) >= 11 is 0. The van der Waals surface area contributed by atoms with Crippen LogP contribution in [0.15, 0.2) is 70.1 Å². The fraction of sp³-hybridized carbons (Fsp3) is 0.261. The molecule has 3 aromatic rings. The van der Waals surface area contributed by atoms with E-state index in [4.69, 9.17) is 4.42 Å². The van der Waals surface area contributed by atoms with E-state index in [2.05, 4.69) is 15.8 Å². The van der Waals surface area contributed by atoms with E-state index in [0.717, 1.165) is 5.56 Å². The molecule has 9 nitrogen and oxygen atoms in total. The standard InChI is InChI=1S/C23H26N4O5S/c1-3-27(4-2)33(30,31)19-12-8-11-18(15-19)23(29)26-25-21(28)13-14-22-24-16-20(32-22)17-9-6-5-7-10-17/h5-12,15-16H,3-4,13-14H2,1-2H3,(H,25,28)(H,26,29). The summed E-state index contributed by atoms with van der Waals surface area (Å²) in [5, 5.41) is 0. The maximum atomic E-state index is 12.7. The van der Waals surface area contributed by atoms with Crippen LogP contribution in [0.1, 0.15) is 36.5 Å². The molecule has 0 saturated carbocycles. The number of carbonyl (C=O) groups is 2. The molecule has 0 atom stereocenters. The molecule has 0 fully saturated rings. The van der Waals surface area contributed by atoms with Crippen molar-refractivity contribution in [1.82, 2.24) is 20.1 Å². The quantitative estimate of drug-likeness (QED) is 0.464. The lowest BCUT2D eigenvalue weighted by atomic mass is 10.2. The van der Waals surface area contributed by atoms with Crippen molar-refractivity contribution >= 4 is 21.8 Å². The van der Waals surface area contributed by atoms with Gasteiger partial charge < -0.3 is 4.42 Å². The zero-order chi connectivity index (χ0) is 23.8. The minimum Gasteiger partial charge on any atom is -0.441 e. The Kier molecular flexibility index (Phi) is 7.96. The van der Waals surface area contributed by atoms with Gasteiger partial charge in [0.2, 0.25) is 15.9 Å². The number of rotatable bonds is 9. The summed E-state index contributed by atoms with van der Waals surface area (Å²) in [6, 6.07) is 15.2. The topological polar surface area (TPSA) is 122 Å². The van der Waals surface area contributed by atoms with Crippen molar-refractivity contribution in [3.63, 3.8) is 0 Å². The van der Waals surface area contributed by atoms with Crippen molar-refractivity contribution in [2.24, 2.45) is 0 Å². The average Bonchev–Trinajstić information content (AvgIpc) is 3.31. The van der Waals surface area contributed by atoms with Crippen LogP contribution in [-0.4, -0.2) is 42.6 Å². The molecule has 0 saturated heterocycles. The fourth-order valence-corrected chi connectivity index (χ4v) is 4.66. The van der Waals surface area contributed by atoms with E-state index in [1.165, 1.54) is 28.6 Å². The third-order valence-corrected chi connectivity index (χ3v) is 6.98. The molecular weight excluding hydrogens is 444 g/mol. The van der Waals surface area contributed by atoms with Crippen molar-refractivity contribution in [1.29, 1.82) is 0 Å². The number of oxazole rings is 1. The molecule has 0 unspecified atom stereocenters. The summed E-state index contributed by atoms with van der Waals surface area (Å²) in [5.41, 5.74) is 5.63. The van der Waals surface area contributed by atoms with Crippen LogP contribution in [0.3, 0.4) is 0 Å². The normalized spacial score (nSPS) is 11.4. The average molecular weight is 471 g/mol. The molecule has 0 spiro atoms. The van der Waals surface area contributed by atoms with E-state index in [9.17, 15) is 18.0 Å². The molecule has 3 rings (SSSR count). The zero-order valence-corrected chi connectivity index (χ0v) is 19.3. The van der Waals surface area contributed by atoms with Gasteiger partial charge in [-0.2, -0.15) is 4.31 Å². The third-order valence-electron chi connectivity index (χ3n) is 4.93. The highest BCUT2D eigenvalue weighted by Crippen LogP contribution is 2.20. The smallest absolute Gasteiger partial charge is 0.269 e. The van der Waals surface area contributed by atoms with Crippen molar-refractivity contribution < 1.29 is 22.4 Å². The van der Waals surface area contributed by atoms with Crippen LogP contribution in [0.25, 0.3) is 11.3 Å². The van der Waals surface area contributed by atoms with Gasteiger partial charge in [0, 0.05) is 37.1 Å². The summed E-state index contributed by atoms with van der Waals surface area (Å²) in [6.45, 7) is 4.13. The predicted molar refractivity (Wildman–Crippen MR) is 122 cm³/mol. The number of aromatic nitrogens is 1. The number of hydrogen-bond acceptors (Lipinski definition) is 6.